The van der Waals surface area contributed by atoms with Gasteiger partial charge in [-0.3, -0.25) is 0 Å². The van der Waals surface area contributed by atoms with Gasteiger partial charge >= 0.3 is 0 Å². The fourth-order valence-corrected chi connectivity index (χ4v) is 2.70. The molecule has 0 bridgehead atoms. The molecule has 0 saturated heterocycles. The van der Waals surface area contributed by atoms with Crippen molar-refractivity contribution in [2.45, 2.75) is 13.5 Å². The minimum atomic E-state index is 0.547. The maximum absolute atomic E-state index is 6.25. The molecule has 0 saturated carbocycles. The van der Waals surface area contributed by atoms with Gasteiger partial charge in [0.2, 0.25) is 0 Å². The van der Waals surface area contributed by atoms with E-state index in [0.29, 0.717) is 16.8 Å². The quantitative estimate of drug-likeness (QED) is 0.747. The average Bonchev–Trinajstić information content (AvgIpc) is 2.93. The lowest BCUT2D eigenvalue weighted by Gasteiger charge is -2.19. The highest BCUT2D eigenvalue weighted by Crippen LogP contribution is 2.25. The van der Waals surface area contributed by atoms with E-state index in [1.165, 1.54) is 5.56 Å². The van der Waals surface area contributed by atoms with Gasteiger partial charge in [-0.15, -0.1) is 0 Å². The van der Waals surface area contributed by atoms with E-state index in [1.54, 1.807) is 0 Å². The summed E-state index contributed by atoms with van der Waals surface area (Å²) < 4.78 is 0. The van der Waals surface area contributed by atoms with Crippen molar-refractivity contribution in [1.82, 2.24) is 10.3 Å². The van der Waals surface area contributed by atoms with Crippen molar-refractivity contribution in [2.24, 2.45) is 0 Å². The first-order chi connectivity index (χ1) is 10.6. The highest BCUT2D eigenvalue weighted by atomic mass is 35.5. The van der Waals surface area contributed by atoms with Crippen LogP contribution in [0.15, 0.2) is 42.5 Å². The van der Waals surface area contributed by atoms with Crippen molar-refractivity contribution in [3.63, 3.8) is 0 Å². The van der Waals surface area contributed by atoms with E-state index in [2.05, 4.69) is 33.2 Å². The van der Waals surface area contributed by atoms with Gasteiger partial charge in [-0.25, -0.2) is 0 Å². The minimum Gasteiger partial charge on any atom is -0.348 e. The van der Waals surface area contributed by atoms with Gasteiger partial charge in [0, 0.05) is 6.54 Å². The molecule has 4 nitrogen and oxygen atoms in total. The molecule has 1 aliphatic rings. The zero-order chi connectivity index (χ0) is 15.5. The van der Waals surface area contributed by atoms with E-state index in [0.717, 1.165) is 23.5 Å². The molecule has 114 valence electrons. The Morgan fingerprint density at radius 1 is 1.27 bits per heavy atom. The molecule has 6 heteroatoms. The second-order valence-electron chi connectivity index (χ2n) is 5.19. The van der Waals surface area contributed by atoms with Gasteiger partial charge < -0.3 is 16.1 Å². The molecule has 0 fully saturated rings. The average molecular weight is 333 g/mol. The number of hydrazine groups is 1. The van der Waals surface area contributed by atoms with Crippen LogP contribution in [0.25, 0.3) is 0 Å². The topological polar surface area (TPSA) is 39.3 Å². The van der Waals surface area contributed by atoms with E-state index in [-0.39, 0.29) is 0 Å². The van der Waals surface area contributed by atoms with Crippen molar-refractivity contribution < 1.29 is 0 Å². The summed E-state index contributed by atoms with van der Waals surface area (Å²) >= 11 is 11.6. The molecule has 0 amide bonds. The lowest BCUT2D eigenvalue weighted by molar-refractivity contribution is 0.337. The van der Waals surface area contributed by atoms with Crippen LogP contribution in [0.2, 0.25) is 5.02 Å². The van der Waals surface area contributed by atoms with Crippen molar-refractivity contribution >= 4 is 40.3 Å². The molecule has 0 atom stereocenters. The molecule has 0 aromatic heterocycles. The van der Waals surface area contributed by atoms with Crippen LogP contribution < -0.4 is 16.1 Å². The number of anilines is 2. The summed E-state index contributed by atoms with van der Waals surface area (Å²) in [6.45, 7) is 3.41. The third kappa shape index (κ3) is 3.32. The zero-order valence-electron chi connectivity index (χ0n) is 12.2. The van der Waals surface area contributed by atoms with Crippen LogP contribution in [0.5, 0.6) is 0 Å². The maximum Gasteiger partial charge on any atom is 0.171 e. The molecular weight excluding hydrogens is 316 g/mol. The summed E-state index contributed by atoms with van der Waals surface area (Å²) in [5.41, 5.74) is 7.59. The fraction of sp³-hybridized carbons (Fsp3) is 0.188. The Kier molecular flexibility index (Phi) is 4.47. The lowest BCUT2D eigenvalue weighted by atomic mass is 10.2. The summed E-state index contributed by atoms with van der Waals surface area (Å²) in [7, 11) is 0. The molecule has 22 heavy (non-hydrogen) atoms. The molecule has 3 rings (SSSR count). The second-order valence-corrected chi connectivity index (χ2v) is 5.98. The fourth-order valence-electron chi connectivity index (χ4n) is 2.36. The molecule has 2 aromatic carbocycles. The first kappa shape index (κ1) is 15.1. The zero-order valence-corrected chi connectivity index (χ0v) is 13.8. The molecule has 2 aromatic rings. The van der Waals surface area contributed by atoms with Crippen molar-refractivity contribution in [1.29, 1.82) is 0 Å². The van der Waals surface area contributed by atoms with E-state index < -0.39 is 0 Å². The monoisotopic (exact) mass is 332 g/mol. The van der Waals surface area contributed by atoms with Gasteiger partial charge in [-0.1, -0.05) is 41.9 Å². The summed E-state index contributed by atoms with van der Waals surface area (Å²) in [6.07, 6.45) is 0. The molecule has 0 spiro atoms. The SMILES string of the molecule is Cc1cccc(NC(=S)NCN2Cc3ccccc3N2)c1Cl. The molecule has 0 aliphatic carbocycles. The minimum absolute atomic E-state index is 0.547. The normalized spacial score (nSPS) is 13.4. The van der Waals surface area contributed by atoms with Crippen molar-refractivity contribution in [3.05, 3.63) is 58.6 Å². The number of para-hydroxylation sites is 1. The van der Waals surface area contributed by atoms with Gasteiger partial charge in [-0.2, -0.15) is 5.01 Å². The van der Waals surface area contributed by atoms with Gasteiger partial charge in [0.1, 0.15) is 0 Å². The van der Waals surface area contributed by atoms with E-state index in [1.807, 2.05) is 37.3 Å². The molecule has 0 radical (unpaired) electrons. The van der Waals surface area contributed by atoms with Crippen LogP contribution in [0.1, 0.15) is 11.1 Å². The number of hydrogen-bond acceptors (Lipinski definition) is 3. The van der Waals surface area contributed by atoms with E-state index in [4.69, 9.17) is 23.8 Å². The first-order valence-electron chi connectivity index (χ1n) is 7.03. The number of fused-ring (bicyclic) bond motifs is 1. The predicted molar refractivity (Wildman–Crippen MR) is 96.0 cm³/mol. The predicted octanol–water partition coefficient (Wildman–Crippen LogP) is 3.74. The summed E-state index contributed by atoms with van der Waals surface area (Å²) in [6, 6.07) is 14.1. The van der Waals surface area contributed by atoms with Crippen LogP contribution in [0, 0.1) is 6.92 Å². The number of hydrogen-bond donors (Lipinski definition) is 3. The summed E-state index contributed by atoms with van der Waals surface area (Å²) in [4.78, 5) is 0. The highest BCUT2D eigenvalue weighted by Gasteiger charge is 2.17. The van der Waals surface area contributed by atoms with E-state index in [9.17, 15) is 0 Å². The highest BCUT2D eigenvalue weighted by molar-refractivity contribution is 7.80. The molecule has 1 aliphatic heterocycles. The number of thiocarbonyl (C=S) groups is 1. The number of halogens is 1. The Hall–Kier alpha value is -1.82. The molecular formula is C16H17ClN4S. The third-order valence-electron chi connectivity index (χ3n) is 3.53. The first-order valence-corrected chi connectivity index (χ1v) is 7.81. The van der Waals surface area contributed by atoms with Gasteiger partial charge in [-0.05, 0) is 42.4 Å². The van der Waals surface area contributed by atoms with Crippen LogP contribution in [0.3, 0.4) is 0 Å². The Bertz CT molecular complexity index is 679. The van der Waals surface area contributed by atoms with Crippen LogP contribution in [-0.4, -0.2) is 16.8 Å². The van der Waals surface area contributed by atoms with Crippen molar-refractivity contribution in [3.8, 4) is 0 Å². The Morgan fingerprint density at radius 3 is 2.91 bits per heavy atom. The van der Waals surface area contributed by atoms with Crippen LogP contribution in [-0.2, 0) is 6.54 Å². The van der Waals surface area contributed by atoms with Gasteiger partial charge in [0.15, 0.2) is 5.11 Å². The van der Waals surface area contributed by atoms with Crippen molar-refractivity contribution in [2.75, 3.05) is 17.4 Å². The summed E-state index contributed by atoms with van der Waals surface area (Å²) in [5.74, 6) is 0. The lowest BCUT2D eigenvalue weighted by Crippen LogP contribution is -2.39. The van der Waals surface area contributed by atoms with Crippen LogP contribution >= 0.6 is 23.8 Å². The van der Waals surface area contributed by atoms with Gasteiger partial charge in [0.05, 0.1) is 23.1 Å². The largest absolute Gasteiger partial charge is 0.348 e. The van der Waals surface area contributed by atoms with Crippen LogP contribution in [0.4, 0.5) is 11.4 Å². The molecule has 0 unspecified atom stereocenters. The number of benzene rings is 2. The number of nitrogens with one attached hydrogen (secondary N) is 3. The van der Waals surface area contributed by atoms with E-state index >= 15 is 0 Å². The Morgan fingerprint density at radius 2 is 2.09 bits per heavy atom. The summed E-state index contributed by atoms with van der Waals surface area (Å²) in [5, 5.41) is 9.62. The standard InChI is InChI=1S/C16H17ClN4S/c1-11-5-4-8-14(15(11)17)19-16(22)18-10-21-9-12-6-2-3-7-13(12)20-21/h2-8,20H,9-10H2,1H3,(H2,18,19,22). The number of aryl methyl sites for hydroxylation is 1. The van der Waals surface area contributed by atoms with Gasteiger partial charge in [0.25, 0.3) is 0 Å². The number of rotatable bonds is 3. The third-order valence-corrected chi connectivity index (χ3v) is 4.28. The Balaban J connectivity index is 1.53. The smallest absolute Gasteiger partial charge is 0.171 e. The maximum atomic E-state index is 6.25. The Labute approximate surface area is 140 Å². The number of nitrogens with zero attached hydrogens (tertiary/aromatic N) is 1. The second kappa shape index (κ2) is 6.52. The molecule has 3 N–H and O–H groups in total. The molecule has 1 heterocycles.